The first-order chi connectivity index (χ1) is 15.4. The minimum absolute atomic E-state index is 0.0573. The molecule has 0 fully saturated rings. The van der Waals surface area contributed by atoms with Crippen LogP contribution in [0, 0.1) is 0 Å². The average molecular weight is 476 g/mol. The van der Waals surface area contributed by atoms with Gasteiger partial charge in [0.25, 0.3) is 5.91 Å². The van der Waals surface area contributed by atoms with Crippen molar-refractivity contribution in [1.82, 2.24) is 20.1 Å². The zero-order valence-corrected chi connectivity index (χ0v) is 19.0. The highest BCUT2D eigenvalue weighted by molar-refractivity contribution is 7.99. The Kier molecular flexibility index (Phi) is 8.09. The Morgan fingerprint density at radius 1 is 1.22 bits per heavy atom. The lowest BCUT2D eigenvalue weighted by molar-refractivity contribution is -0.113. The van der Waals surface area contributed by atoms with Gasteiger partial charge in [0.05, 0.1) is 25.2 Å². The van der Waals surface area contributed by atoms with Crippen LogP contribution in [0.4, 0.5) is 5.69 Å². The molecule has 3 aromatic rings. The molecule has 168 valence electrons. The van der Waals surface area contributed by atoms with Crippen LogP contribution in [0.25, 0.3) is 0 Å². The molecule has 3 N–H and O–H groups in total. The number of thioether (sulfide) groups is 1. The van der Waals surface area contributed by atoms with Crippen LogP contribution >= 0.6 is 23.4 Å². The smallest absolute Gasteiger partial charge is 0.251 e. The summed E-state index contributed by atoms with van der Waals surface area (Å²) in [5.74, 6) is 0.305. The molecule has 0 aliphatic carbocycles. The van der Waals surface area contributed by atoms with E-state index in [2.05, 4.69) is 20.8 Å². The highest BCUT2D eigenvalue weighted by Crippen LogP contribution is 2.28. The molecule has 0 aliphatic rings. The number of amides is 2. The number of rotatable bonds is 9. The summed E-state index contributed by atoms with van der Waals surface area (Å²) in [6, 6.07) is 12.9. The van der Waals surface area contributed by atoms with Crippen molar-refractivity contribution in [2.45, 2.75) is 11.2 Å². The highest BCUT2D eigenvalue weighted by Gasteiger charge is 2.22. The molecule has 32 heavy (non-hydrogen) atoms. The molecule has 2 aromatic carbocycles. The van der Waals surface area contributed by atoms with Crippen molar-refractivity contribution in [2.24, 2.45) is 7.05 Å². The number of aliphatic hydroxyl groups excluding tert-OH is 1. The summed E-state index contributed by atoms with van der Waals surface area (Å²) in [5, 5.41) is 24.4. The van der Waals surface area contributed by atoms with Gasteiger partial charge in [0.15, 0.2) is 11.0 Å². The van der Waals surface area contributed by atoms with Crippen LogP contribution in [0.5, 0.6) is 5.75 Å². The number of carbonyl (C=O) groups excluding carboxylic acids is 2. The number of carbonyl (C=O) groups is 2. The van der Waals surface area contributed by atoms with Crippen molar-refractivity contribution in [1.29, 1.82) is 0 Å². The first-order valence-electron chi connectivity index (χ1n) is 9.55. The Morgan fingerprint density at radius 3 is 2.66 bits per heavy atom. The number of nitrogens with one attached hydrogen (secondary N) is 2. The maximum atomic E-state index is 12.4. The van der Waals surface area contributed by atoms with Crippen LogP contribution in [0.1, 0.15) is 22.2 Å². The number of benzene rings is 2. The van der Waals surface area contributed by atoms with Crippen molar-refractivity contribution >= 4 is 40.9 Å². The monoisotopic (exact) mass is 475 g/mol. The molecule has 0 bridgehead atoms. The summed E-state index contributed by atoms with van der Waals surface area (Å²) >= 11 is 7.15. The lowest BCUT2D eigenvalue weighted by atomic mass is 10.2. The normalized spacial score (nSPS) is 11.6. The molecule has 9 nitrogen and oxygen atoms in total. The van der Waals surface area contributed by atoms with E-state index in [9.17, 15) is 14.7 Å². The number of methoxy groups -OCH3 is 1. The number of ether oxygens (including phenoxy) is 1. The van der Waals surface area contributed by atoms with E-state index in [-0.39, 0.29) is 24.2 Å². The number of nitrogens with zero attached hydrogens (tertiary/aromatic N) is 3. The van der Waals surface area contributed by atoms with Crippen molar-refractivity contribution in [3.8, 4) is 5.75 Å². The number of aliphatic hydroxyl groups is 1. The van der Waals surface area contributed by atoms with Gasteiger partial charge in [-0.1, -0.05) is 41.6 Å². The lowest BCUT2D eigenvalue weighted by Crippen LogP contribution is -2.32. The Morgan fingerprint density at radius 2 is 1.97 bits per heavy atom. The van der Waals surface area contributed by atoms with E-state index in [4.69, 9.17) is 16.3 Å². The van der Waals surface area contributed by atoms with Crippen molar-refractivity contribution in [2.75, 3.05) is 24.8 Å². The summed E-state index contributed by atoms with van der Waals surface area (Å²) in [6.45, 7) is -0.357. The van der Waals surface area contributed by atoms with Gasteiger partial charge in [-0.25, -0.2) is 0 Å². The van der Waals surface area contributed by atoms with Gasteiger partial charge >= 0.3 is 0 Å². The third kappa shape index (κ3) is 5.78. The summed E-state index contributed by atoms with van der Waals surface area (Å²) in [6.07, 6.45) is 0. The Hall–Kier alpha value is -3.08. The number of aromatic nitrogens is 3. The molecule has 0 spiro atoms. The summed E-state index contributed by atoms with van der Waals surface area (Å²) in [7, 11) is 3.20. The Labute approximate surface area is 194 Å². The van der Waals surface area contributed by atoms with Crippen LogP contribution in [-0.2, 0) is 11.8 Å². The first kappa shape index (κ1) is 23.6. The molecule has 0 saturated carbocycles. The highest BCUT2D eigenvalue weighted by atomic mass is 35.5. The predicted molar refractivity (Wildman–Crippen MR) is 122 cm³/mol. The van der Waals surface area contributed by atoms with Gasteiger partial charge in [-0.05, 0) is 30.3 Å². The van der Waals surface area contributed by atoms with Crippen LogP contribution < -0.4 is 15.4 Å². The summed E-state index contributed by atoms with van der Waals surface area (Å²) in [4.78, 5) is 24.8. The summed E-state index contributed by atoms with van der Waals surface area (Å²) in [5.41, 5.74) is 0.934. The molecule has 0 unspecified atom stereocenters. The second-order valence-corrected chi connectivity index (χ2v) is 8.03. The molecule has 11 heteroatoms. The molecular formula is C21H22ClN5O4S. The molecule has 3 rings (SSSR count). The summed E-state index contributed by atoms with van der Waals surface area (Å²) < 4.78 is 6.85. The number of hydrogen-bond acceptors (Lipinski definition) is 7. The van der Waals surface area contributed by atoms with Crippen LogP contribution in [0.3, 0.4) is 0 Å². The van der Waals surface area contributed by atoms with E-state index < -0.39 is 6.04 Å². The topological polar surface area (TPSA) is 118 Å². The minimum Gasteiger partial charge on any atom is -0.495 e. The lowest BCUT2D eigenvalue weighted by Gasteiger charge is -2.16. The Bertz CT molecular complexity index is 1090. The quantitative estimate of drug-likeness (QED) is 0.407. The molecular weight excluding hydrogens is 454 g/mol. The first-order valence-corrected chi connectivity index (χ1v) is 10.9. The van der Waals surface area contributed by atoms with Gasteiger partial charge in [0.1, 0.15) is 11.8 Å². The van der Waals surface area contributed by atoms with Crippen molar-refractivity contribution in [3.05, 3.63) is 64.9 Å². The fourth-order valence-electron chi connectivity index (χ4n) is 2.87. The van der Waals surface area contributed by atoms with E-state index in [0.29, 0.717) is 33.0 Å². The molecule has 1 aromatic heterocycles. The molecule has 0 radical (unpaired) electrons. The molecule has 1 heterocycles. The van der Waals surface area contributed by atoms with Crippen LogP contribution in [-0.4, -0.2) is 51.2 Å². The minimum atomic E-state index is -0.751. The van der Waals surface area contributed by atoms with Crippen LogP contribution in [0.15, 0.2) is 53.7 Å². The van der Waals surface area contributed by atoms with E-state index >= 15 is 0 Å². The van der Waals surface area contributed by atoms with Crippen molar-refractivity contribution < 1.29 is 19.4 Å². The standard InChI is InChI=1S/C21H22ClN5O4S/c1-27-19(16(11-28)24-20(30)13-6-4-3-5-7-13)25-26-21(27)32-12-18(29)23-15-10-14(22)8-9-17(15)31-2/h3-10,16,28H,11-12H2,1-2H3,(H,23,29)(H,24,30)/t16-/m0/s1. The zero-order chi connectivity index (χ0) is 23.1. The molecule has 1 atom stereocenters. The van der Waals surface area contributed by atoms with Gasteiger partial charge in [-0.2, -0.15) is 0 Å². The zero-order valence-electron chi connectivity index (χ0n) is 17.4. The van der Waals surface area contributed by atoms with Gasteiger partial charge < -0.3 is 25.0 Å². The number of halogens is 1. The van der Waals surface area contributed by atoms with Gasteiger partial charge in [-0.15, -0.1) is 10.2 Å². The molecule has 0 aliphatic heterocycles. The van der Waals surface area contributed by atoms with E-state index in [1.807, 2.05) is 6.07 Å². The predicted octanol–water partition coefficient (Wildman–Crippen LogP) is 2.67. The Balaban J connectivity index is 1.63. The van der Waals surface area contributed by atoms with E-state index in [0.717, 1.165) is 0 Å². The third-order valence-corrected chi connectivity index (χ3v) is 5.73. The largest absolute Gasteiger partial charge is 0.495 e. The second-order valence-electron chi connectivity index (χ2n) is 6.66. The number of hydrogen-bond donors (Lipinski definition) is 3. The second kappa shape index (κ2) is 11.0. The van der Waals surface area contributed by atoms with Gasteiger partial charge in [0, 0.05) is 17.6 Å². The fraction of sp³-hybridized carbons (Fsp3) is 0.238. The number of anilines is 1. The fourth-order valence-corrected chi connectivity index (χ4v) is 3.76. The van der Waals surface area contributed by atoms with Gasteiger partial charge in [0.2, 0.25) is 5.91 Å². The maximum absolute atomic E-state index is 12.4. The van der Waals surface area contributed by atoms with E-state index in [1.54, 1.807) is 54.1 Å². The van der Waals surface area contributed by atoms with E-state index in [1.165, 1.54) is 18.9 Å². The molecule has 0 saturated heterocycles. The molecule has 2 amide bonds. The average Bonchev–Trinajstić information content (AvgIpc) is 3.16. The third-order valence-electron chi connectivity index (χ3n) is 4.47. The SMILES string of the molecule is COc1ccc(Cl)cc1NC(=O)CSc1nnc([C@H](CO)NC(=O)c2ccccc2)n1C. The van der Waals surface area contributed by atoms with Gasteiger partial charge in [-0.3, -0.25) is 9.59 Å². The maximum Gasteiger partial charge on any atom is 0.251 e. The van der Waals surface area contributed by atoms with Crippen LogP contribution in [0.2, 0.25) is 5.02 Å². The van der Waals surface area contributed by atoms with Crippen molar-refractivity contribution in [3.63, 3.8) is 0 Å².